The van der Waals surface area contributed by atoms with Crippen LogP contribution in [0.4, 0.5) is 4.79 Å². The summed E-state index contributed by atoms with van der Waals surface area (Å²) < 4.78 is 0. The molecule has 2 atom stereocenters. The predicted molar refractivity (Wildman–Crippen MR) is 71.3 cm³/mol. The van der Waals surface area contributed by atoms with Gasteiger partial charge in [-0.2, -0.15) is 0 Å². The Bertz CT molecular complexity index is 294. The summed E-state index contributed by atoms with van der Waals surface area (Å²) in [5.74, 6) is 0.0221. The van der Waals surface area contributed by atoms with E-state index in [-0.39, 0.29) is 18.0 Å². The summed E-state index contributed by atoms with van der Waals surface area (Å²) in [6.07, 6.45) is 4.19. The number of hydrogen-bond acceptors (Lipinski definition) is 2. The number of piperidine rings is 1. The zero-order valence-electron chi connectivity index (χ0n) is 11.7. The minimum Gasteiger partial charge on any atom is -0.338 e. The molecule has 0 aromatic rings. The second-order valence-corrected chi connectivity index (χ2v) is 5.00. The molecule has 1 heterocycles. The first-order valence-corrected chi connectivity index (χ1v) is 6.91. The maximum atomic E-state index is 12.2. The zero-order valence-corrected chi connectivity index (χ0v) is 11.7. The van der Waals surface area contributed by atoms with Gasteiger partial charge in [-0.25, -0.2) is 4.79 Å². The summed E-state index contributed by atoms with van der Waals surface area (Å²) in [7, 11) is 0. The average molecular weight is 255 g/mol. The molecule has 2 N–H and O–H groups in total. The third kappa shape index (κ3) is 4.20. The Morgan fingerprint density at radius 3 is 2.72 bits per heavy atom. The highest BCUT2D eigenvalue weighted by molar-refractivity contribution is 5.86. The number of nitrogens with one attached hydrogen (secondary N) is 2. The van der Waals surface area contributed by atoms with Crippen LogP contribution in [0.15, 0.2) is 0 Å². The van der Waals surface area contributed by atoms with Gasteiger partial charge >= 0.3 is 6.03 Å². The lowest BCUT2D eigenvalue weighted by atomic mass is 10.0. The number of urea groups is 1. The normalized spacial score (nSPS) is 21.3. The molecule has 5 heteroatoms. The van der Waals surface area contributed by atoms with Crippen LogP contribution in [0, 0.1) is 0 Å². The van der Waals surface area contributed by atoms with E-state index in [4.69, 9.17) is 0 Å². The molecule has 0 aromatic carbocycles. The van der Waals surface area contributed by atoms with Crippen molar-refractivity contribution in [1.29, 1.82) is 0 Å². The highest BCUT2D eigenvalue weighted by Gasteiger charge is 2.27. The van der Waals surface area contributed by atoms with Crippen LogP contribution in [-0.4, -0.2) is 42.0 Å². The molecule has 0 unspecified atom stereocenters. The monoisotopic (exact) mass is 255 g/mol. The van der Waals surface area contributed by atoms with Gasteiger partial charge in [0.25, 0.3) is 0 Å². The van der Waals surface area contributed by atoms with Gasteiger partial charge in [-0.15, -0.1) is 0 Å². The predicted octanol–water partition coefficient (Wildman–Crippen LogP) is 1.49. The largest absolute Gasteiger partial charge is 0.338 e. The smallest absolute Gasteiger partial charge is 0.315 e. The molecular formula is C13H25N3O2. The van der Waals surface area contributed by atoms with Crippen LogP contribution in [0.5, 0.6) is 0 Å². The molecule has 0 spiro atoms. The first-order chi connectivity index (χ1) is 8.56. The molecule has 0 saturated carbocycles. The lowest BCUT2D eigenvalue weighted by molar-refractivity contribution is -0.136. The molecule has 18 heavy (non-hydrogen) atoms. The van der Waals surface area contributed by atoms with E-state index in [1.165, 1.54) is 6.42 Å². The van der Waals surface area contributed by atoms with Crippen molar-refractivity contribution in [3.63, 3.8) is 0 Å². The molecule has 104 valence electrons. The Balaban J connectivity index is 2.42. The van der Waals surface area contributed by atoms with E-state index in [9.17, 15) is 9.59 Å². The summed E-state index contributed by atoms with van der Waals surface area (Å²) in [6, 6.07) is -0.432. The SMILES string of the molecule is CCCNC(=O)N[C@@H](C)C(=O)N1CCCC[C@H]1C. The van der Waals surface area contributed by atoms with E-state index >= 15 is 0 Å². The lowest BCUT2D eigenvalue weighted by Crippen LogP contribution is -2.53. The summed E-state index contributed by atoms with van der Waals surface area (Å²) in [5.41, 5.74) is 0. The number of likely N-dealkylation sites (tertiary alicyclic amines) is 1. The second-order valence-electron chi connectivity index (χ2n) is 5.00. The molecular weight excluding hydrogens is 230 g/mol. The van der Waals surface area contributed by atoms with Crippen molar-refractivity contribution >= 4 is 11.9 Å². The quantitative estimate of drug-likeness (QED) is 0.799. The molecule has 0 aromatic heterocycles. The summed E-state index contributed by atoms with van der Waals surface area (Å²) in [6.45, 7) is 7.25. The number of rotatable bonds is 4. The van der Waals surface area contributed by atoms with Gasteiger partial charge < -0.3 is 15.5 Å². The molecule has 1 rings (SSSR count). The standard InChI is InChI=1S/C13H25N3O2/c1-4-8-14-13(18)15-11(3)12(17)16-9-6-5-7-10(16)2/h10-11H,4-9H2,1-3H3,(H2,14,15,18)/t10-,11+/m1/s1. The van der Waals surface area contributed by atoms with Crippen molar-refractivity contribution in [3.05, 3.63) is 0 Å². The first kappa shape index (κ1) is 14.8. The number of nitrogens with zero attached hydrogens (tertiary/aromatic N) is 1. The molecule has 0 radical (unpaired) electrons. The fourth-order valence-electron chi connectivity index (χ4n) is 2.22. The van der Waals surface area contributed by atoms with Gasteiger partial charge in [0.05, 0.1) is 0 Å². The summed E-state index contributed by atoms with van der Waals surface area (Å²) >= 11 is 0. The van der Waals surface area contributed by atoms with Gasteiger partial charge in [-0.1, -0.05) is 6.92 Å². The third-order valence-corrected chi connectivity index (χ3v) is 3.34. The van der Waals surface area contributed by atoms with Gasteiger partial charge in [0.1, 0.15) is 6.04 Å². The zero-order chi connectivity index (χ0) is 13.5. The van der Waals surface area contributed by atoms with Crippen LogP contribution >= 0.6 is 0 Å². The molecule has 0 aliphatic carbocycles. The van der Waals surface area contributed by atoms with Gasteiger partial charge in [-0.3, -0.25) is 4.79 Å². The maximum absolute atomic E-state index is 12.2. The molecule has 1 saturated heterocycles. The lowest BCUT2D eigenvalue weighted by Gasteiger charge is -2.35. The van der Waals surface area contributed by atoms with Crippen LogP contribution in [0.3, 0.4) is 0 Å². The van der Waals surface area contributed by atoms with Crippen LogP contribution in [-0.2, 0) is 4.79 Å². The Morgan fingerprint density at radius 1 is 1.39 bits per heavy atom. The van der Waals surface area contributed by atoms with Crippen LogP contribution in [0.2, 0.25) is 0 Å². The van der Waals surface area contributed by atoms with E-state index in [0.29, 0.717) is 6.54 Å². The highest BCUT2D eigenvalue weighted by Crippen LogP contribution is 2.17. The first-order valence-electron chi connectivity index (χ1n) is 6.91. The van der Waals surface area contributed by atoms with Gasteiger partial charge in [0.2, 0.25) is 5.91 Å². The molecule has 1 fully saturated rings. The van der Waals surface area contributed by atoms with Gasteiger partial charge in [0.15, 0.2) is 0 Å². The van der Waals surface area contributed by atoms with Crippen molar-refractivity contribution < 1.29 is 9.59 Å². The summed E-state index contributed by atoms with van der Waals surface area (Å²) in [4.78, 5) is 25.6. The number of amides is 3. The Hall–Kier alpha value is -1.26. The molecule has 0 bridgehead atoms. The molecule has 5 nitrogen and oxygen atoms in total. The average Bonchev–Trinajstić information content (AvgIpc) is 2.36. The third-order valence-electron chi connectivity index (χ3n) is 3.34. The van der Waals surface area contributed by atoms with Crippen LogP contribution in [0.1, 0.15) is 46.5 Å². The van der Waals surface area contributed by atoms with Crippen molar-refractivity contribution in [2.45, 2.75) is 58.5 Å². The van der Waals surface area contributed by atoms with Crippen molar-refractivity contribution in [3.8, 4) is 0 Å². The number of carbonyl (C=O) groups is 2. The van der Waals surface area contributed by atoms with Gasteiger partial charge in [-0.05, 0) is 39.5 Å². The van der Waals surface area contributed by atoms with Crippen LogP contribution < -0.4 is 10.6 Å². The van der Waals surface area contributed by atoms with E-state index in [1.54, 1.807) is 6.92 Å². The van der Waals surface area contributed by atoms with E-state index in [0.717, 1.165) is 25.8 Å². The summed E-state index contributed by atoms with van der Waals surface area (Å²) in [5, 5.41) is 5.40. The van der Waals surface area contributed by atoms with Crippen molar-refractivity contribution in [2.24, 2.45) is 0 Å². The van der Waals surface area contributed by atoms with Gasteiger partial charge in [0, 0.05) is 19.1 Å². The highest BCUT2D eigenvalue weighted by atomic mass is 16.2. The van der Waals surface area contributed by atoms with Crippen molar-refractivity contribution in [1.82, 2.24) is 15.5 Å². The molecule has 1 aliphatic rings. The molecule has 3 amide bonds. The minimum atomic E-state index is -0.456. The maximum Gasteiger partial charge on any atom is 0.315 e. The van der Waals surface area contributed by atoms with E-state index in [2.05, 4.69) is 17.6 Å². The number of hydrogen-bond donors (Lipinski definition) is 2. The van der Waals surface area contributed by atoms with Crippen molar-refractivity contribution in [2.75, 3.05) is 13.1 Å². The topological polar surface area (TPSA) is 61.4 Å². The van der Waals surface area contributed by atoms with Crippen LogP contribution in [0.25, 0.3) is 0 Å². The minimum absolute atomic E-state index is 0.0221. The fraction of sp³-hybridized carbons (Fsp3) is 0.846. The Morgan fingerprint density at radius 2 is 2.11 bits per heavy atom. The second kappa shape index (κ2) is 7.24. The van der Waals surface area contributed by atoms with E-state index < -0.39 is 6.04 Å². The number of carbonyl (C=O) groups excluding carboxylic acids is 2. The van der Waals surface area contributed by atoms with E-state index in [1.807, 2.05) is 11.8 Å². The molecule has 1 aliphatic heterocycles. The fourth-order valence-corrected chi connectivity index (χ4v) is 2.22. The Labute approximate surface area is 109 Å². The Kier molecular flexibility index (Phi) is 5.95.